The van der Waals surface area contributed by atoms with Gasteiger partial charge < -0.3 is 0 Å². The summed E-state index contributed by atoms with van der Waals surface area (Å²) in [5, 5.41) is 0. The Labute approximate surface area is 72.8 Å². The Kier molecular flexibility index (Phi) is 1.15. The number of allylic oxidation sites excluding steroid dienone is 2. The van der Waals surface area contributed by atoms with Crippen molar-refractivity contribution in [3.05, 3.63) is 12.2 Å². The maximum absolute atomic E-state index is 11.6. The summed E-state index contributed by atoms with van der Waals surface area (Å²) in [7, 11) is 0. The Balaban J connectivity index is 2.03. The smallest absolute Gasteiger partial charge is 0.137 e. The lowest BCUT2D eigenvalue weighted by molar-refractivity contribution is -0.121. The number of carbonyl (C=O) groups is 1. The lowest BCUT2D eigenvalue weighted by Gasteiger charge is -2.21. The first kappa shape index (κ1) is 6.88. The Morgan fingerprint density at radius 3 is 2.83 bits per heavy atom. The highest BCUT2D eigenvalue weighted by molar-refractivity contribution is 5.85. The van der Waals surface area contributed by atoms with Crippen molar-refractivity contribution in [2.45, 2.75) is 19.8 Å². The summed E-state index contributed by atoms with van der Waals surface area (Å²) in [5.74, 6) is 3.72. The van der Waals surface area contributed by atoms with Gasteiger partial charge in [-0.05, 0) is 30.1 Å². The van der Waals surface area contributed by atoms with Crippen LogP contribution in [0.15, 0.2) is 12.2 Å². The standard InChI is InChI=1S/C11H14O/c1-6-4-9(12)11-8-3-2-7(5-8)10(6)11/h2-3,6-8,10-11H,4-5H2,1H3/t6-,7+,8-,10-,11-/m1/s1. The Hall–Kier alpha value is -0.590. The fraction of sp³-hybridized carbons (Fsp3) is 0.727. The first-order valence-electron chi connectivity index (χ1n) is 4.98. The van der Waals surface area contributed by atoms with Crippen LogP contribution in [0.3, 0.4) is 0 Å². The average Bonchev–Trinajstić information content (AvgIpc) is 2.64. The van der Waals surface area contributed by atoms with Gasteiger partial charge in [0.1, 0.15) is 5.78 Å². The largest absolute Gasteiger partial charge is 0.299 e. The molecule has 2 fully saturated rings. The van der Waals surface area contributed by atoms with Crippen molar-refractivity contribution in [3.8, 4) is 0 Å². The molecule has 0 radical (unpaired) electrons. The van der Waals surface area contributed by atoms with Crippen molar-refractivity contribution >= 4 is 5.78 Å². The Morgan fingerprint density at radius 1 is 1.33 bits per heavy atom. The van der Waals surface area contributed by atoms with Gasteiger partial charge in [-0.3, -0.25) is 4.79 Å². The average molecular weight is 162 g/mol. The van der Waals surface area contributed by atoms with Crippen LogP contribution in [-0.4, -0.2) is 5.78 Å². The zero-order valence-electron chi connectivity index (χ0n) is 7.36. The summed E-state index contributed by atoms with van der Waals surface area (Å²) in [6.45, 7) is 2.25. The molecule has 0 N–H and O–H groups in total. The summed E-state index contributed by atoms with van der Waals surface area (Å²) in [6.07, 6.45) is 6.75. The molecule has 64 valence electrons. The van der Waals surface area contributed by atoms with E-state index in [1.54, 1.807) is 0 Å². The van der Waals surface area contributed by atoms with E-state index >= 15 is 0 Å². The van der Waals surface area contributed by atoms with E-state index in [0.717, 1.165) is 12.3 Å². The topological polar surface area (TPSA) is 17.1 Å². The molecule has 0 amide bonds. The summed E-state index contributed by atoms with van der Waals surface area (Å²) in [6, 6.07) is 0. The van der Waals surface area contributed by atoms with Crippen LogP contribution in [0, 0.1) is 29.6 Å². The summed E-state index contributed by atoms with van der Waals surface area (Å²) in [4.78, 5) is 11.6. The van der Waals surface area contributed by atoms with Gasteiger partial charge in [0, 0.05) is 12.3 Å². The monoisotopic (exact) mass is 162 g/mol. The van der Waals surface area contributed by atoms with Crippen LogP contribution >= 0.6 is 0 Å². The first-order valence-corrected chi connectivity index (χ1v) is 4.98. The van der Waals surface area contributed by atoms with Crippen molar-refractivity contribution in [2.24, 2.45) is 29.6 Å². The molecule has 3 aliphatic rings. The van der Waals surface area contributed by atoms with Crippen LogP contribution in [-0.2, 0) is 4.79 Å². The van der Waals surface area contributed by atoms with Gasteiger partial charge in [0.25, 0.3) is 0 Å². The molecule has 0 aromatic rings. The fourth-order valence-electron chi connectivity index (χ4n) is 3.68. The van der Waals surface area contributed by atoms with Crippen LogP contribution in [0.5, 0.6) is 0 Å². The molecule has 0 spiro atoms. The molecule has 3 aliphatic carbocycles. The lowest BCUT2D eigenvalue weighted by atomic mass is 9.82. The number of carbonyl (C=O) groups excluding carboxylic acids is 1. The van der Waals surface area contributed by atoms with E-state index in [4.69, 9.17) is 0 Å². The number of hydrogen-bond donors (Lipinski definition) is 0. The molecule has 5 atom stereocenters. The van der Waals surface area contributed by atoms with Gasteiger partial charge in [-0.15, -0.1) is 0 Å². The number of Topliss-reactive ketones (excluding diaryl/α,β-unsaturated/α-hetero) is 1. The van der Waals surface area contributed by atoms with Crippen LogP contribution < -0.4 is 0 Å². The normalized spacial score (nSPS) is 55.1. The first-order chi connectivity index (χ1) is 5.77. The van der Waals surface area contributed by atoms with Crippen LogP contribution in [0.4, 0.5) is 0 Å². The van der Waals surface area contributed by atoms with E-state index in [1.165, 1.54) is 6.42 Å². The highest BCUT2D eigenvalue weighted by atomic mass is 16.1. The highest BCUT2D eigenvalue weighted by Crippen LogP contribution is 2.55. The molecule has 3 rings (SSSR count). The molecule has 2 saturated carbocycles. The van der Waals surface area contributed by atoms with Crippen molar-refractivity contribution in [1.82, 2.24) is 0 Å². The minimum Gasteiger partial charge on any atom is -0.299 e. The maximum atomic E-state index is 11.6. The van der Waals surface area contributed by atoms with Crippen molar-refractivity contribution in [1.29, 1.82) is 0 Å². The molecule has 2 bridgehead atoms. The zero-order valence-corrected chi connectivity index (χ0v) is 7.36. The molecule has 0 aromatic carbocycles. The highest BCUT2D eigenvalue weighted by Gasteiger charge is 2.53. The minimum atomic E-state index is 0.426. The summed E-state index contributed by atoms with van der Waals surface area (Å²) >= 11 is 0. The minimum absolute atomic E-state index is 0.426. The van der Waals surface area contributed by atoms with Gasteiger partial charge in [-0.1, -0.05) is 19.1 Å². The second-order valence-corrected chi connectivity index (χ2v) is 4.70. The molecule has 0 aliphatic heterocycles. The number of hydrogen-bond acceptors (Lipinski definition) is 1. The van der Waals surface area contributed by atoms with Crippen LogP contribution in [0.25, 0.3) is 0 Å². The molecule has 12 heavy (non-hydrogen) atoms. The predicted octanol–water partition coefficient (Wildman–Crippen LogP) is 2.03. The van der Waals surface area contributed by atoms with Crippen LogP contribution in [0.2, 0.25) is 0 Å². The zero-order chi connectivity index (χ0) is 8.29. The van der Waals surface area contributed by atoms with Gasteiger partial charge >= 0.3 is 0 Å². The quantitative estimate of drug-likeness (QED) is 0.498. The molecular weight excluding hydrogens is 148 g/mol. The van der Waals surface area contributed by atoms with E-state index in [1.807, 2.05) is 0 Å². The van der Waals surface area contributed by atoms with E-state index < -0.39 is 0 Å². The third-order valence-electron chi connectivity index (χ3n) is 4.07. The van der Waals surface area contributed by atoms with Gasteiger partial charge in [0.15, 0.2) is 0 Å². The van der Waals surface area contributed by atoms with Gasteiger partial charge in [0.05, 0.1) is 0 Å². The lowest BCUT2D eigenvalue weighted by Crippen LogP contribution is -2.20. The number of ketones is 1. The second-order valence-electron chi connectivity index (χ2n) is 4.70. The van der Waals surface area contributed by atoms with Gasteiger partial charge in [-0.2, -0.15) is 0 Å². The van der Waals surface area contributed by atoms with E-state index in [2.05, 4.69) is 19.1 Å². The summed E-state index contributed by atoms with van der Waals surface area (Å²) in [5.41, 5.74) is 0. The molecule has 0 saturated heterocycles. The molecule has 0 unspecified atom stereocenters. The third kappa shape index (κ3) is 0.634. The fourth-order valence-corrected chi connectivity index (χ4v) is 3.68. The number of rotatable bonds is 0. The predicted molar refractivity (Wildman–Crippen MR) is 46.5 cm³/mol. The van der Waals surface area contributed by atoms with Gasteiger partial charge in [-0.25, -0.2) is 0 Å². The molecule has 1 nitrogen and oxygen atoms in total. The van der Waals surface area contributed by atoms with E-state index in [9.17, 15) is 4.79 Å². The SMILES string of the molecule is C[C@@H]1CC(=O)[C@@H]2[C@H]1[C@H]1C=C[C@@H]2C1. The Bertz CT molecular complexity index is 266. The summed E-state index contributed by atoms with van der Waals surface area (Å²) < 4.78 is 0. The van der Waals surface area contributed by atoms with Crippen molar-refractivity contribution in [2.75, 3.05) is 0 Å². The molecule has 0 heterocycles. The van der Waals surface area contributed by atoms with E-state index in [0.29, 0.717) is 29.5 Å². The van der Waals surface area contributed by atoms with Crippen LogP contribution in [0.1, 0.15) is 19.8 Å². The number of fused-ring (bicyclic) bond motifs is 5. The molecule has 1 heteroatoms. The van der Waals surface area contributed by atoms with Gasteiger partial charge in [0.2, 0.25) is 0 Å². The van der Waals surface area contributed by atoms with E-state index in [-0.39, 0.29) is 0 Å². The Morgan fingerprint density at radius 2 is 2.08 bits per heavy atom. The molecular formula is C11H14O. The van der Waals surface area contributed by atoms with Crippen molar-refractivity contribution < 1.29 is 4.79 Å². The molecule has 0 aromatic heterocycles. The van der Waals surface area contributed by atoms with Crippen molar-refractivity contribution in [3.63, 3.8) is 0 Å². The third-order valence-corrected chi connectivity index (χ3v) is 4.07. The maximum Gasteiger partial charge on any atom is 0.137 e. The second kappa shape index (κ2) is 2.01.